The third kappa shape index (κ3) is 5.06. The van der Waals surface area contributed by atoms with Crippen molar-refractivity contribution in [3.05, 3.63) is 64.6 Å². The number of aryl methyl sites for hydroxylation is 1. The van der Waals surface area contributed by atoms with E-state index in [0.29, 0.717) is 12.4 Å². The molecule has 0 spiro atoms. The SMILES string of the molecule is CCOc1ccc(-n2c(C)cc(/C=C(\C#N)C(=O)OCc3nc(C(C)C)no3)c2C)cc1. The molecule has 0 saturated heterocycles. The molecule has 1 aromatic carbocycles. The number of benzene rings is 1. The summed E-state index contributed by atoms with van der Waals surface area (Å²) in [5.41, 5.74) is 3.47. The second kappa shape index (κ2) is 9.96. The first-order chi connectivity index (χ1) is 15.3. The highest BCUT2D eigenvalue weighted by Crippen LogP contribution is 2.24. The molecule has 0 N–H and O–H groups in total. The minimum Gasteiger partial charge on any atom is -0.494 e. The quantitative estimate of drug-likeness (QED) is 0.289. The maximum Gasteiger partial charge on any atom is 0.349 e. The first-order valence-electron chi connectivity index (χ1n) is 10.4. The molecule has 32 heavy (non-hydrogen) atoms. The van der Waals surface area contributed by atoms with Gasteiger partial charge in [0.15, 0.2) is 12.4 Å². The van der Waals surface area contributed by atoms with Gasteiger partial charge in [-0.25, -0.2) is 4.79 Å². The third-order valence-electron chi connectivity index (χ3n) is 4.84. The van der Waals surface area contributed by atoms with Gasteiger partial charge in [0.05, 0.1) is 6.61 Å². The van der Waals surface area contributed by atoms with Gasteiger partial charge < -0.3 is 18.6 Å². The fourth-order valence-corrected chi connectivity index (χ4v) is 3.25. The van der Waals surface area contributed by atoms with Crippen molar-refractivity contribution in [2.75, 3.05) is 6.61 Å². The van der Waals surface area contributed by atoms with E-state index in [9.17, 15) is 10.1 Å². The number of ether oxygens (including phenoxy) is 2. The highest BCUT2D eigenvalue weighted by atomic mass is 16.6. The lowest BCUT2D eigenvalue weighted by atomic mass is 10.1. The zero-order valence-electron chi connectivity index (χ0n) is 18.9. The van der Waals surface area contributed by atoms with Gasteiger partial charge in [-0.05, 0) is 62.7 Å². The van der Waals surface area contributed by atoms with Gasteiger partial charge in [0.25, 0.3) is 5.89 Å². The number of nitrogens with zero attached hydrogens (tertiary/aromatic N) is 4. The van der Waals surface area contributed by atoms with Crippen molar-refractivity contribution in [2.45, 2.75) is 47.1 Å². The van der Waals surface area contributed by atoms with Crippen LogP contribution in [0.3, 0.4) is 0 Å². The van der Waals surface area contributed by atoms with E-state index < -0.39 is 5.97 Å². The molecule has 3 aromatic rings. The van der Waals surface area contributed by atoms with Crippen molar-refractivity contribution >= 4 is 12.0 Å². The lowest BCUT2D eigenvalue weighted by molar-refractivity contribution is -0.140. The molecule has 0 fully saturated rings. The minimum atomic E-state index is -0.748. The lowest BCUT2D eigenvalue weighted by Crippen LogP contribution is -2.07. The Morgan fingerprint density at radius 1 is 1.28 bits per heavy atom. The molecule has 166 valence electrons. The molecule has 3 rings (SSSR count). The number of rotatable bonds is 8. The molecule has 0 bridgehead atoms. The fraction of sp³-hybridized carbons (Fsp3) is 0.333. The Hall–Kier alpha value is -3.86. The van der Waals surface area contributed by atoms with Gasteiger partial charge in [-0.1, -0.05) is 19.0 Å². The third-order valence-corrected chi connectivity index (χ3v) is 4.84. The summed E-state index contributed by atoms with van der Waals surface area (Å²) in [6.07, 6.45) is 1.53. The second-order valence-electron chi connectivity index (χ2n) is 7.54. The van der Waals surface area contributed by atoms with Gasteiger partial charge in [0.2, 0.25) is 0 Å². The zero-order chi connectivity index (χ0) is 23.3. The van der Waals surface area contributed by atoms with Crippen LogP contribution in [-0.2, 0) is 16.1 Å². The number of nitriles is 1. The average Bonchev–Trinajstić information content (AvgIpc) is 3.36. The Balaban J connectivity index is 1.78. The standard InChI is InChI=1S/C24H26N4O4/c1-6-30-21-9-7-20(8-10-21)28-16(4)11-18(17(28)5)12-19(13-25)24(29)31-14-22-26-23(15(2)3)27-32-22/h7-12,15H,6,14H2,1-5H3/b19-12+. The van der Waals surface area contributed by atoms with Gasteiger partial charge >= 0.3 is 5.97 Å². The van der Waals surface area contributed by atoms with Crippen molar-refractivity contribution in [3.63, 3.8) is 0 Å². The first kappa shape index (κ1) is 22.8. The van der Waals surface area contributed by atoms with Gasteiger partial charge in [0.1, 0.15) is 17.4 Å². The van der Waals surface area contributed by atoms with Crippen LogP contribution in [0.5, 0.6) is 5.75 Å². The topological polar surface area (TPSA) is 103 Å². The van der Waals surface area contributed by atoms with Crippen molar-refractivity contribution in [1.82, 2.24) is 14.7 Å². The van der Waals surface area contributed by atoms with Crippen LogP contribution in [0, 0.1) is 25.2 Å². The Labute approximate surface area is 187 Å². The Bertz CT molecular complexity index is 1160. The van der Waals surface area contributed by atoms with Crippen LogP contribution in [0.15, 0.2) is 40.4 Å². The van der Waals surface area contributed by atoms with Gasteiger partial charge in [-0.15, -0.1) is 0 Å². The first-order valence-corrected chi connectivity index (χ1v) is 10.4. The molecule has 2 heterocycles. The summed E-state index contributed by atoms with van der Waals surface area (Å²) in [5, 5.41) is 13.3. The summed E-state index contributed by atoms with van der Waals surface area (Å²) in [5.74, 6) is 0.878. The predicted molar refractivity (Wildman–Crippen MR) is 118 cm³/mol. The highest BCUT2D eigenvalue weighted by molar-refractivity contribution is 5.98. The number of carbonyl (C=O) groups excluding carboxylic acids is 1. The molecule has 0 unspecified atom stereocenters. The molecule has 0 aliphatic carbocycles. The van der Waals surface area contributed by atoms with Crippen molar-refractivity contribution in [3.8, 4) is 17.5 Å². The van der Waals surface area contributed by atoms with Gasteiger partial charge in [0, 0.05) is 23.0 Å². The van der Waals surface area contributed by atoms with E-state index in [4.69, 9.17) is 14.0 Å². The molecule has 8 nitrogen and oxygen atoms in total. The van der Waals surface area contributed by atoms with E-state index in [-0.39, 0.29) is 24.0 Å². The summed E-state index contributed by atoms with van der Waals surface area (Å²) in [6.45, 7) is 10.1. The number of hydrogen-bond donors (Lipinski definition) is 0. The number of hydrogen-bond acceptors (Lipinski definition) is 7. The fourth-order valence-electron chi connectivity index (χ4n) is 3.25. The number of esters is 1. The van der Waals surface area contributed by atoms with Crippen LogP contribution in [-0.4, -0.2) is 27.3 Å². The average molecular weight is 434 g/mol. The molecular formula is C24H26N4O4. The maximum atomic E-state index is 12.4. The Morgan fingerprint density at radius 2 is 2.00 bits per heavy atom. The maximum absolute atomic E-state index is 12.4. The molecule has 0 radical (unpaired) electrons. The molecular weight excluding hydrogens is 408 g/mol. The molecule has 0 aliphatic rings. The summed E-state index contributed by atoms with van der Waals surface area (Å²) in [6, 6.07) is 11.6. The van der Waals surface area contributed by atoms with Gasteiger partial charge in [-0.3, -0.25) is 0 Å². The van der Waals surface area contributed by atoms with Crippen molar-refractivity contribution in [2.24, 2.45) is 0 Å². The van der Waals surface area contributed by atoms with Crippen molar-refractivity contribution in [1.29, 1.82) is 5.26 Å². The van der Waals surface area contributed by atoms with Crippen LogP contribution in [0.2, 0.25) is 0 Å². The van der Waals surface area contributed by atoms with E-state index in [2.05, 4.69) is 10.1 Å². The normalized spacial score (nSPS) is 11.5. The molecule has 8 heteroatoms. The van der Waals surface area contributed by atoms with Crippen LogP contribution in [0.25, 0.3) is 11.8 Å². The van der Waals surface area contributed by atoms with E-state index >= 15 is 0 Å². The summed E-state index contributed by atoms with van der Waals surface area (Å²) in [7, 11) is 0. The summed E-state index contributed by atoms with van der Waals surface area (Å²) < 4.78 is 17.8. The predicted octanol–water partition coefficient (Wildman–Crippen LogP) is 4.65. The number of carbonyl (C=O) groups is 1. The van der Waals surface area contributed by atoms with Crippen LogP contribution < -0.4 is 4.74 Å². The van der Waals surface area contributed by atoms with E-state index in [1.54, 1.807) is 0 Å². The van der Waals surface area contributed by atoms with Crippen LogP contribution in [0.1, 0.15) is 55.4 Å². The molecule has 0 saturated carbocycles. The van der Waals surface area contributed by atoms with Gasteiger partial charge in [-0.2, -0.15) is 10.2 Å². The Kier molecular flexibility index (Phi) is 7.11. The Morgan fingerprint density at radius 3 is 2.59 bits per heavy atom. The number of aromatic nitrogens is 3. The highest BCUT2D eigenvalue weighted by Gasteiger charge is 2.17. The smallest absolute Gasteiger partial charge is 0.349 e. The molecule has 0 atom stereocenters. The van der Waals surface area contributed by atoms with Crippen LogP contribution >= 0.6 is 0 Å². The van der Waals surface area contributed by atoms with E-state index in [1.165, 1.54) is 6.08 Å². The minimum absolute atomic E-state index is 0.100. The second-order valence-corrected chi connectivity index (χ2v) is 7.54. The monoisotopic (exact) mass is 434 g/mol. The molecule has 2 aromatic heterocycles. The largest absolute Gasteiger partial charge is 0.494 e. The van der Waals surface area contributed by atoms with E-state index in [0.717, 1.165) is 28.4 Å². The zero-order valence-corrected chi connectivity index (χ0v) is 18.9. The molecule has 0 amide bonds. The van der Waals surface area contributed by atoms with Crippen molar-refractivity contribution < 1.29 is 18.8 Å². The molecule has 0 aliphatic heterocycles. The summed E-state index contributed by atoms with van der Waals surface area (Å²) >= 11 is 0. The van der Waals surface area contributed by atoms with E-state index in [1.807, 2.05) is 75.6 Å². The lowest BCUT2D eigenvalue weighted by Gasteiger charge is -2.11. The van der Waals surface area contributed by atoms with Crippen LogP contribution in [0.4, 0.5) is 0 Å². The summed E-state index contributed by atoms with van der Waals surface area (Å²) in [4.78, 5) is 16.6.